The molecule has 0 saturated carbocycles. The van der Waals surface area contributed by atoms with E-state index in [2.05, 4.69) is 5.32 Å². The lowest BCUT2D eigenvalue weighted by atomic mass is 10.1. The van der Waals surface area contributed by atoms with Crippen molar-refractivity contribution in [2.75, 3.05) is 11.9 Å². The Morgan fingerprint density at radius 2 is 1.83 bits per heavy atom. The third-order valence-corrected chi connectivity index (χ3v) is 4.87. The fraction of sp³-hybridized carbons (Fsp3) is 0.130. The minimum Gasteiger partial charge on any atom is -0.485 e. The first-order valence-electron chi connectivity index (χ1n) is 9.42. The number of anilines is 1. The van der Waals surface area contributed by atoms with Crippen molar-refractivity contribution >= 4 is 17.4 Å². The van der Waals surface area contributed by atoms with Crippen LogP contribution in [0.25, 0.3) is 16.9 Å². The quantitative estimate of drug-likeness (QED) is 0.577. The molecule has 4 aromatic rings. The molecule has 1 atom stereocenters. The molecule has 2 aromatic heterocycles. The maximum absolute atomic E-state index is 13.0. The lowest BCUT2D eigenvalue weighted by Gasteiger charge is -2.25. The molecule has 0 bridgehead atoms. The van der Waals surface area contributed by atoms with Gasteiger partial charge in [0, 0.05) is 11.8 Å². The normalized spacial score (nSPS) is 15.3. The zero-order valence-corrected chi connectivity index (χ0v) is 15.8. The van der Waals surface area contributed by atoms with Crippen LogP contribution < -0.4 is 14.8 Å². The van der Waals surface area contributed by atoms with E-state index in [0.29, 0.717) is 23.0 Å². The van der Waals surface area contributed by atoms with Gasteiger partial charge in [-0.1, -0.05) is 42.5 Å². The van der Waals surface area contributed by atoms with Crippen molar-refractivity contribution in [3.8, 4) is 22.8 Å². The number of carbonyl (C=O) groups excluding carboxylic acids is 1. The van der Waals surface area contributed by atoms with Crippen molar-refractivity contribution in [2.24, 2.45) is 0 Å². The van der Waals surface area contributed by atoms with Gasteiger partial charge in [-0.3, -0.25) is 9.20 Å². The van der Waals surface area contributed by atoms with Crippen molar-refractivity contribution < 1.29 is 14.3 Å². The maximum atomic E-state index is 13.0. The van der Waals surface area contributed by atoms with E-state index in [4.69, 9.17) is 14.5 Å². The number of aryl methyl sites for hydroxylation is 1. The van der Waals surface area contributed by atoms with E-state index in [1.54, 1.807) is 6.07 Å². The van der Waals surface area contributed by atoms with Crippen LogP contribution in [-0.2, 0) is 4.79 Å². The number of nitrogens with one attached hydrogen (secondary N) is 1. The SMILES string of the molecule is Cc1ccn2c(NC(=O)C3COc4ccccc4O3)c(-c3ccccc3)nc2c1. The second-order valence-electron chi connectivity index (χ2n) is 6.96. The van der Waals surface area contributed by atoms with Gasteiger partial charge >= 0.3 is 0 Å². The molecule has 2 aromatic carbocycles. The highest BCUT2D eigenvalue weighted by Crippen LogP contribution is 2.32. The monoisotopic (exact) mass is 385 g/mol. The molecule has 29 heavy (non-hydrogen) atoms. The number of pyridine rings is 1. The second kappa shape index (κ2) is 6.98. The number of aromatic nitrogens is 2. The fourth-order valence-electron chi connectivity index (χ4n) is 3.41. The van der Waals surface area contributed by atoms with Crippen LogP contribution in [-0.4, -0.2) is 28.0 Å². The second-order valence-corrected chi connectivity index (χ2v) is 6.96. The van der Waals surface area contributed by atoms with Crippen LogP contribution >= 0.6 is 0 Å². The van der Waals surface area contributed by atoms with E-state index >= 15 is 0 Å². The Labute approximate surface area is 167 Å². The number of hydrogen-bond acceptors (Lipinski definition) is 4. The van der Waals surface area contributed by atoms with E-state index < -0.39 is 6.10 Å². The highest BCUT2D eigenvalue weighted by atomic mass is 16.6. The van der Waals surface area contributed by atoms with Crippen molar-refractivity contribution in [1.82, 2.24) is 9.38 Å². The Balaban J connectivity index is 1.50. The number of para-hydroxylation sites is 2. The molecule has 0 radical (unpaired) electrons. The molecule has 0 saturated heterocycles. The Morgan fingerprint density at radius 3 is 2.66 bits per heavy atom. The number of hydrogen-bond donors (Lipinski definition) is 1. The Bertz CT molecular complexity index is 1200. The summed E-state index contributed by atoms with van der Waals surface area (Å²) >= 11 is 0. The Morgan fingerprint density at radius 1 is 1.07 bits per heavy atom. The Kier molecular flexibility index (Phi) is 4.17. The molecule has 6 nitrogen and oxygen atoms in total. The summed E-state index contributed by atoms with van der Waals surface area (Å²) in [5, 5.41) is 3.01. The van der Waals surface area contributed by atoms with Crippen molar-refractivity contribution in [2.45, 2.75) is 13.0 Å². The summed E-state index contributed by atoms with van der Waals surface area (Å²) in [5.41, 5.74) is 3.50. The van der Waals surface area contributed by atoms with Gasteiger partial charge in [-0.15, -0.1) is 0 Å². The predicted molar refractivity (Wildman–Crippen MR) is 110 cm³/mol. The van der Waals surface area contributed by atoms with Gasteiger partial charge in [0.25, 0.3) is 5.91 Å². The van der Waals surface area contributed by atoms with E-state index in [1.165, 1.54) is 0 Å². The molecule has 0 spiro atoms. The molecule has 144 valence electrons. The lowest BCUT2D eigenvalue weighted by molar-refractivity contribution is -0.125. The molecule has 3 heterocycles. The third kappa shape index (κ3) is 3.18. The van der Waals surface area contributed by atoms with Gasteiger partial charge in [0.05, 0.1) is 0 Å². The summed E-state index contributed by atoms with van der Waals surface area (Å²) in [7, 11) is 0. The Hall–Kier alpha value is -3.80. The molecule has 1 aliphatic rings. The van der Waals surface area contributed by atoms with Gasteiger partial charge in [0.1, 0.15) is 23.8 Å². The molecule has 0 fully saturated rings. The largest absolute Gasteiger partial charge is 0.485 e. The summed E-state index contributed by atoms with van der Waals surface area (Å²) in [5.74, 6) is 1.54. The van der Waals surface area contributed by atoms with Crippen LogP contribution in [0, 0.1) is 6.92 Å². The third-order valence-electron chi connectivity index (χ3n) is 4.87. The first-order chi connectivity index (χ1) is 14.2. The molecular weight excluding hydrogens is 366 g/mol. The highest BCUT2D eigenvalue weighted by molar-refractivity contribution is 5.97. The number of amides is 1. The predicted octanol–water partition coefficient (Wildman–Crippen LogP) is 4.09. The van der Waals surface area contributed by atoms with Gasteiger partial charge in [0.2, 0.25) is 6.10 Å². The van der Waals surface area contributed by atoms with Gasteiger partial charge in [0.15, 0.2) is 11.5 Å². The van der Waals surface area contributed by atoms with E-state index in [1.807, 2.05) is 78.2 Å². The minimum atomic E-state index is -0.746. The molecule has 0 aliphatic carbocycles. The summed E-state index contributed by atoms with van der Waals surface area (Å²) < 4.78 is 13.4. The van der Waals surface area contributed by atoms with Gasteiger partial charge in [-0.05, 0) is 36.8 Å². The smallest absolute Gasteiger partial charge is 0.270 e. The first kappa shape index (κ1) is 17.3. The standard InChI is InChI=1S/C23H19N3O3/c1-15-11-12-26-20(13-15)24-21(16-7-3-2-4-8-16)22(26)25-23(27)19-14-28-17-9-5-6-10-18(17)29-19/h2-13,19H,14H2,1H3,(H,25,27). The van der Waals surface area contributed by atoms with Crippen LogP contribution in [0.2, 0.25) is 0 Å². The number of carbonyl (C=O) groups is 1. The van der Waals surface area contributed by atoms with Gasteiger partial charge in [-0.25, -0.2) is 4.98 Å². The van der Waals surface area contributed by atoms with E-state index in [9.17, 15) is 4.79 Å². The van der Waals surface area contributed by atoms with Crippen LogP contribution in [0.15, 0.2) is 72.9 Å². The number of ether oxygens (including phenoxy) is 2. The fourth-order valence-corrected chi connectivity index (χ4v) is 3.41. The topological polar surface area (TPSA) is 64.9 Å². The van der Waals surface area contributed by atoms with Crippen LogP contribution in [0.5, 0.6) is 11.5 Å². The molecular formula is C23H19N3O3. The van der Waals surface area contributed by atoms with Crippen LogP contribution in [0.3, 0.4) is 0 Å². The number of imidazole rings is 1. The zero-order chi connectivity index (χ0) is 19.8. The summed E-state index contributed by atoms with van der Waals surface area (Å²) in [6.07, 6.45) is 1.16. The summed E-state index contributed by atoms with van der Waals surface area (Å²) in [4.78, 5) is 17.8. The van der Waals surface area contributed by atoms with Crippen molar-refractivity contribution in [3.05, 3.63) is 78.5 Å². The highest BCUT2D eigenvalue weighted by Gasteiger charge is 2.29. The van der Waals surface area contributed by atoms with Gasteiger partial charge < -0.3 is 14.8 Å². The van der Waals surface area contributed by atoms with E-state index in [0.717, 1.165) is 16.8 Å². The summed E-state index contributed by atoms with van der Waals surface area (Å²) in [6, 6.07) is 21.1. The molecule has 1 aliphatic heterocycles. The van der Waals surface area contributed by atoms with Crippen molar-refractivity contribution in [3.63, 3.8) is 0 Å². The zero-order valence-electron chi connectivity index (χ0n) is 15.8. The van der Waals surface area contributed by atoms with Crippen LogP contribution in [0.1, 0.15) is 5.56 Å². The average Bonchev–Trinajstić information content (AvgIpc) is 3.11. The molecule has 1 amide bonds. The maximum Gasteiger partial charge on any atom is 0.270 e. The lowest BCUT2D eigenvalue weighted by Crippen LogP contribution is -2.40. The number of nitrogens with zero attached hydrogens (tertiary/aromatic N) is 2. The minimum absolute atomic E-state index is 0.152. The molecule has 1 unspecified atom stereocenters. The summed E-state index contributed by atoms with van der Waals surface area (Å²) in [6.45, 7) is 2.17. The number of rotatable bonds is 3. The first-order valence-corrected chi connectivity index (χ1v) is 9.42. The van der Waals surface area contributed by atoms with Crippen molar-refractivity contribution in [1.29, 1.82) is 0 Å². The molecule has 6 heteroatoms. The van der Waals surface area contributed by atoms with Crippen LogP contribution in [0.4, 0.5) is 5.82 Å². The number of fused-ring (bicyclic) bond motifs is 2. The van der Waals surface area contributed by atoms with E-state index in [-0.39, 0.29) is 12.5 Å². The molecule has 1 N–H and O–H groups in total. The number of benzene rings is 2. The molecule has 5 rings (SSSR count). The average molecular weight is 385 g/mol. The van der Waals surface area contributed by atoms with Gasteiger partial charge in [-0.2, -0.15) is 0 Å².